The van der Waals surface area contributed by atoms with E-state index in [9.17, 15) is 31.9 Å². The van der Waals surface area contributed by atoms with Gasteiger partial charge in [0.05, 0.1) is 16.6 Å². The van der Waals surface area contributed by atoms with Crippen LogP contribution in [0, 0.1) is 0 Å². The number of hydrogen-bond acceptors (Lipinski definition) is 3. The van der Waals surface area contributed by atoms with Gasteiger partial charge in [-0.1, -0.05) is 29.8 Å². The Labute approximate surface area is 155 Å². The lowest BCUT2D eigenvalue weighted by molar-refractivity contribution is -0.209. The van der Waals surface area contributed by atoms with Crippen LogP contribution in [0.15, 0.2) is 29.1 Å². The fourth-order valence-corrected chi connectivity index (χ4v) is 4.00. The molecule has 0 bridgehead atoms. The van der Waals surface area contributed by atoms with Crippen molar-refractivity contribution in [2.75, 3.05) is 4.90 Å². The molecule has 4 nitrogen and oxygen atoms in total. The van der Waals surface area contributed by atoms with Crippen molar-refractivity contribution in [3.05, 3.63) is 39.6 Å². The van der Waals surface area contributed by atoms with Gasteiger partial charge in [0.15, 0.2) is 6.10 Å². The van der Waals surface area contributed by atoms with Gasteiger partial charge < -0.3 is 10.0 Å². The number of rotatable bonds is 3. The van der Waals surface area contributed by atoms with Gasteiger partial charge in [-0.2, -0.15) is 22.0 Å². The van der Waals surface area contributed by atoms with Crippen LogP contribution >= 0.6 is 11.6 Å². The Kier molecular flexibility index (Phi) is 5.11. The maximum atomic E-state index is 13.6. The van der Waals surface area contributed by atoms with Crippen molar-refractivity contribution in [3.63, 3.8) is 0 Å². The van der Waals surface area contributed by atoms with Gasteiger partial charge in [-0.15, -0.1) is 0 Å². The molecule has 1 aromatic carbocycles. The Bertz CT molecular complexity index is 915. The fourth-order valence-electron chi connectivity index (χ4n) is 3.66. The van der Waals surface area contributed by atoms with Crippen LogP contribution in [0.5, 0.6) is 0 Å². The molecule has 0 spiro atoms. The van der Waals surface area contributed by atoms with Crippen LogP contribution in [-0.2, 0) is 0 Å². The second-order valence-electron chi connectivity index (χ2n) is 6.52. The zero-order valence-electron chi connectivity index (χ0n) is 14.1. The highest BCUT2D eigenvalue weighted by molar-refractivity contribution is 6.38. The van der Waals surface area contributed by atoms with E-state index in [1.165, 1.54) is 24.3 Å². The molecule has 1 aliphatic heterocycles. The first-order valence-electron chi connectivity index (χ1n) is 8.19. The first kappa shape index (κ1) is 19.9. The molecular weight excluding hydrogens is 395 g/mol. The van der Waals surface area contributed by atoms with E-state index in [4.69, 9.17) is 11.6 Å². The molecule has 0 aliphatic carbocycles. The van der Waals surface area contributed by atoms with E-state index < -0.39 is 42.2 Å². The van der Waals surface area contributed by atoms with Crippen LogP contribution in [0.25, 0.3) is 10.9 Å². The van der Waals surface area contributed by atoms with Gasteiger partial charge in [0.1, 0.15) is 5.69 Å². The van der Waals surface area contributed by atoms with Crippen molar-refractivity contribution < 1.29 is 27.1 Å². The van der Waals surface area contributed by atoms with Gasteiger partial charge >= 0.3 is 12.7 Å². The largest absolute Gasteiger partial charge is 0.416 e. The van der Waals surface area contributed by atoms with Crippen molar-refractivity contribution in [1.82, 2.24) is 4.57 Å². The van der Waals surface area contributed by atoms with Gasteiger partial charge in [0, 0.05) is 11.4 Å². The number of para-hydroxylation sites is 1. The number of aliphatic hydroxyl groups is 1. The maximum Gasteiger partial charge on any atom is 0.416 e. The molecule has 27 heavy (non-hydrogen) atoms. The average molecular weight is 411 g/mol. The van der Waals surface area contributed by atoms with E-state index in [1.807, 2.05) is 0 Å². The highest BCUT2D eigenvalue weighted by Crippen LogP contribution is 2.40. The quantitative estimate of drug-likeness (QED) is 0.766. The molecule has 1 fully saturated rings. The Balaban J connectivity index is 2.28. The molecule has 0 saturated carbocycles. The molecular formula is C17H16ClF5N2O2. The number of anilines is 1. The van der Waals surface area contributed by atoms with Crippen molar-refractivity contribution in [3.8, 4) is 0 Å². The summed E-state index contributed by atoms with van der Waals surface area (Å²) < 4.78 is 66.5. The minimum atomic E-state index is -4.92. The van der Waals surface area contributed by atoms with Gasteiger partial charge in [-0.05, 0) is 25.8 Å². The molecule has 2 heterocycles. The third-order valence-electron chi connectivity index (χ3n) is 4.89. The third kappa shape index (κ3) is 3.27. The summed E-state index contributed by atoms with van der Waals surface area (Å²) in [6.07, 6.45) is -7.46. The van der Waals surface area contributed by atoms with Crippen LogP contribution in [0.3, 0.4) is 0 Å². The molecule has 1 N–H and O–H groups in total. The molecule has 148 valence electrons. The van der Waals surface area contributed by atoms with E-state index in [1.54, 1.807) is 6.92 Å². The molecule has 1 saturated heterocycles. The number of aliphatic hydroxyl groups excluding tert-OH is 1. The maximum absolute atomic E-state index is 13.6. The van der Waals surface area contributed by atoms with Crippen molar-refractivity contribution in [2.24, 2.45) is 0 Å². The Morgan fingerprint density at radius 3 is 2.44 bits per heavy atom. The summed E-state index contributed by atoms with van der Waals surface area (Å²) in [6, 6.07) is 3.59. The average Bonchev–Trinajstić information content (AvgIpc) is 2.95. The lowest BCUT2D eigenvalue weighted by Crippen LogP contribution is -2.50. The highest BCUT2D eigenvalue weighted by Gasteiger charge is 2.49. The molecule has 2 aromatic rings. The van der Waals surface area contributed by atoms with E-state index in [2.05, 4.69) is 0 Å². The number of fused-ring (bicyclic) bond motifs is 1. The molecule has 0 radical (unpaired) electrons. The first-order valence-corrected chi connectivity index (χ1v) is 8.57. The number of nitrogens with zero attached hydrogens (tertiary/aromatic N) is 2. The standard InChI is InChI=1S/C17H16ClF5N2O2/c1-8-6-7-11(14(26)17(21,22)23)24(8)13-12(18)9-4-2-3-5-10(9)25(15(13)27)16(19)20/h2-5,8,11,14,16,26H,6-7H2,1H3/t8-,11+,14-/m0/s1. The summed E-state index contributed by atoms with van der Waals surface area (Å²) in [7, 11) is 0. The van der Waals surface area contributed by atoms with Crippen molar-refractivity contribution >= 4 is 28.2 Å². The fraction of sp³-hybridized carbons (Fsp3) is 0.471. The minimum absolute atomic E-state index is 0.0564. The third-order valence-corrected chi connectivity index (χ3v) is 5.28. The Morgan fingerprint density at radius 1 is 1.22 bits per heavy atom. The summed E-state index contributed by atoms with van der Waals surface area (Å²) >= 11 is 6.29. The number of pyridine rings is 1. The lowest BCUT2D eigenvalue weighted by atomic mass is 10.1. The minimum Gasteiger partial charge on any atom is -0.382 e. The van der Waals surface area contributed by atoms with Crippen molar-refractivity contribution in [1.29, 1.82) is 0 Å². The highest BCUT2D eigenvalue weighted by atomic mass is 35.5. The lowest BCUT2D eigenvalue weighted by Gasteiger charge is -2.34. The van der Waals surface area contributed by atoms with Gasteiger partial charge in [-0.25, -0.2) is 4.57 Å². The van der Waals surface area contributed by atoms with E-state index in [0.717, 1.165) is 4.90 Å². The number of alkyl halides is 5. The Morgan fingerprint density at radius 2 is 1.85 bits per heavy atom. The molecule has 3 rings (SSSR count). The second kappa shape index (κ2) is 6.94. The van der Waals surface area contributed by atoms with Crippen LogP contribution < -0.4 is 10.5 Å². The normalized spacial score (nSPS) is 22.0. The number of benzene rings is 1. The Hall–Kier alpha value is -1.87. The second-order valence-corrected chi connectivity index (χ2v) is 6.90. The zero-order valence-corrected chi connectivity index (χ0v) is 14.8. The predicted molar refractivity (Wildman–Crippen MR) is 91.5 cm³/mol. The van der Waals surface area contributed by atoms with Crippen LogP contribution in [0.2, 0.25) is 5.02 Å². The molecule has 0 unspecified atom stereocenters. The summed E-state index contributed by atoms with van der Waals surface area (Å²) in [5, 5.41) is 9.65. The predicted octanol–water partition coefficient (Wildman–Crippen LogP) is 4.33. The summed E-state index contributed by atoms with van der Waals surface area (Å²) in [6.45, 7) is -1.65. The topological polar surface area (TPSA) is 45.5 Å². The molecule has 1 aromatic heterocycles. The summed E-state index contributed by atoms with van der Waals surface area (Å²) in [5.41, 5.74) is -1.76. The van der Waals surface area contributed by atoms with Crippen LogP contribution in [-0.4, -0.2) is 34.0 Å². The smallest absolute Gasteiger partial charge is 0.382 e. The van der Waals surface area contributed by atoms with Gasteiger partial charge in [0.25, 0.3) is 5.56 Å². The van der Waals surface area contributed by atoms with Crippen molar-refractivity contribution in [2.45, 2.75) is 50.7 Å². The number of aromatic nitrogens is 1. The van der Waals surface area contributed by atoms with Gasteiger partial charge in [0.2, 0.25) is 0 Å². The van der Waals surface area contributed by atoms with E-state index in [-0.39, 0.29) is 33.3 Å². The SMILES string of the molecule is C[C@H]1CC[C@H]([C@H](O)C(F)(F)F)N1c1c(Cl)c2ccccc2n(C(F)F)c1=O. The monoisotopic (exact) mass is 410 g/mol. The zero-order chi connectivity index (χ0) is 20.1. The molecule has 10 heteroatoms. The first-order chi connectivity index (χ1) is 12.6. The molecule has 3 atom stereocenters. The van der Waals surface area contributed by atoms with Gasteiger partial charge in [-0.3, -0.25) is 4.79 Å². The molecule has 1 aliphatic rings. The van der Waals surface area contributed by atoms with E-state index >= 15 is 0 Å². The number of halogens is 6. The summed E-state index contributed by atoms with van der Waals surface area (Å²) in [4.78, 5) is 13.8. The summed E-state index contributed by atoms with van der Waals surface area (Å²) in [5.74, 6) is 0. The van der Waals surface area contributed by atoms with Crippen LogP contribution in [0.1, 0.15) is 26.3 Å². The number of hydrogen-bond donors (Lipinski definition) is 1. The molecule has 0 amide bonds. The van der Waals surface area contributed by atoms with E-state index in [0.29, 0.717) is 0 Å². The van der Waals surface area contributed by atoms with Crippen LogP contribution in [0.4, 0.5) is 27.6 Å².